The van der Waals surface area contributed by atoms with Crippen LogP contribution in [0.3, 0.4) is 0 Å². The predicted molar refractivity (Wildman–Crippen MR) is 47.9 cm³/mol. The number of amides is 1. The Bertz CT molecular complexity index is 295. The smallest absolute Gasteiger partial charge is 0.331 e. The van der Waals surface area contributed by atoms with E-state index < -0.39 is 18.1 Å². The number of hydrogen-bond acceptors (Lipinski definition) is 2. The Hall–Kier alpha value is -1.22. The summed E-state index contributed by atoms with van der Waals surface area (Å²) in [4.78, 5) is 13.4. The van der Waals surface area contributed by atoms with Gasteiger partial charge in [0.15, 0.2) is 0 Å². The molecule has 0 spiro atoms. The lowest BCUT2D eigenvalue weighted by molar-refractivity contribution is -0.187. The van der Waals surface area contributed by atoms with Gasteiger partial charge in [-0.3, -0.25) is 9.69 Å². The molecule has 1 unspecified atom stereocenters. The van der Waals surface area contributed by atoms with Crippen molar-refractivity contribution in [1.29, 1.82) is 0 Å². The summed E-state index contributed by atoms with van der Waals surface area (Å²) in [6.45, 7) is 0.356. The molecule has 0 N–H and O–H groups in total. The van der Waals surface area contributed by atoms with Gasteiger partial charge in [0.1, 0.15) is 0 Å². The van der Waals surface area contributed by atoms with E-state index in [1.807, 2.05) is 0 Å². The number of likely N-dealkylation sites (N-methyl/N-ethyl adjacent to an activating group) is 1. The molecule has 1 amide bonds. The molecule has 0 radical (unpaired) electrons. The molecule has 3 nitrogen and oxygen atoms in total. The predicted octanol–water partition coefficient (Wildman–Crippen LogP) is 0.325. The van der Waals surface area contributed by atoms with Gasteiger partial charge in [0.2, 0.25) is 0 Å². The number of hydrogen-bond donors (Lipinski definition) is 0. The highest BCUT2D eigenvalue weighted by atomic mass is 19.4. The van der Waals surface area contributed by atoms with Gasteiger partial charge in [-0.25, -0.2) is 0 Å². The van der Waals surface area contributed by atoms with E-state index in [4.69, 9.17) is 6.42 Å². The molecule has 0 saturated carbocycles. The number of rotatable bonds is 0. The normalized spacial score (nSPS) is 23.7. The minimum Gasteiger partial charge on any atom is -0.331 e. The molecule has 0 aromatic heterocycles. The van der Waals surface area contributed by atoms with Gasteiger partial charge in [0.05, 0.1) is 6.04 Å². The third-order valence-corrected chi connectivity index (χ3v) is 2.37. The Morgan fingerprint density at radius 2 is 2.07 bits per heavy atom. The highest BCUT2D eigenvalue weighted by Gasteiger charge is 2.44. The van der Waals surface area contributed by atoms with Crippen molar-refractivity contribution in [3.63, 3.8) is 0 Å². The summed E-state index contributed by atoms with van der Waals surface area (Å²) >= 11 is 0. The maximum absolute atomic E-state index is 12.1. The van der Waals surface area contributed by atoms with Gasteiger partial charge >= 0.3 is 12.1 Å². The summed E-state index contributed by atoms with van der Waals surface area (Å²) in [5.74, 6) is 0.545. The molecule has 1 fully saturated rings. The van der Waals surface area contributed by atoms with E-state index in [0.717, 1.165) is 4.90 Å². The molecule has 1 aliphatic rings. The second-order valence-electron chi connectivity index (χ2n) is 3.41. The van der Waals surface area contributed by atoms with Crippen molar-refractivity contribution in [3.8, 4) is 12.3 Å². The van der Waals surface area contributed by atoms with E-state index in [0.29, 0.717) is 6.54 Å². The van der Waals surface area contributed by atoms with Gasteiger partial charge in [-0.2, -0.15) is 13.2 Å². The first-order valence-corrected chi connectivity index (χ1v) is 4.38. The van der Waals surface area contributed by atoms with Gasteiger partial charge in [-0.05, 0) is 7.05 Å². The van der Waals surface area contributed by atoms with Crippen LogP contribution in [0.25, 0.3) is 0 Å². The Morgan fingerprint density at radius 3 is 2.53 bits per heavy atom. The van der Waals surface area contributed by atoms with Crippen LogP contribution < -0.4 is 0 Å². The number of halogens is 3. The number of carbonyl (C=O) groups excluding carboxylic acids is 1. The lowest BCUT2D eigenvalue weighted by Gasteiger charge is -2.37. The molecule has 0 aromatic carbocycles. The SMILES string of the molecule is C#CC1CN(C(=O)C(F)(F)F)CCN1C. The Kier molecular flexibility index (Phi) is 3.25. The highest BCUT2D eigenvalue weighted by molar-refractivity contribution is 5.82. The summed E-state index contributed by atoms with van der Waals surface area (Å²) in [7, 11) is 1.72. The maximum Gasteiger partial charge on any atom is 0.471 e. The second-order valence-corrected chi connectivity index (χ2v) is 3.41. The van der Waals surface area contributed by atoms with Gasteiger partial charge in [0.25, 0.3) is 0 Å². The molecule has 6 heteroatoms. The molecule has 1 atom stereocenters. The third-order valence-electron chi connectivity index (χ3n) is 2.37. The Labute approximate surface area is 85.8 Å². The molecule has 15 heavy (non-hydrogen) atoms. The quantitative estimate of drug-likeness (QED) is 0.549. The fraction of sp³-hybridized carbons (Fsp3) is 0.667. The zero-order valence-corrected chi connectivity index (χ0v) is 8.21. The van der Waals surface area contributed by atoms with Crippen molar-refractivity contribution in [3.05, 3.63) is 0 Å². The van der Waals surface area contributed by atoms with Gasteiger partial charge in [-0.1, -0.05) is 5.92 Å². The number of alkyl halides is 3. The van der Waals surface area contributed by atoms with Crippen molar-refractivity contribution in [2.24, 2.45) is 0 Å². The molecule has 0 aromatic rings. The molecule has 1 rings (SSSR count). The number of carbonyl (C=O) groups is 1. The van der Waals surface area contributed by atoms with E-state index in [1.165, 1.54) is 0 Å². The summed E-state index contributed by atoms with van der Waals surface area (Å²) < 4.78 is 36.3. The Morgan fingerprint density at radius 1 is 1.47 bits per heavy atom. The van der Waals surface area contributed by atoms with E-state index in [2.05, 4.69) is 5.92 Å². The summed E-state index contributed by atoms with van der Waals surface area (Å²) in [5, 5.41) is 0. The molecular formula is C9H11F3N2O. The lowest BCUT2D eigenvalue weighted by atomic mass is 10.2. The monoisotopic (exact) mass is 220 g/mol. The molecule has 1 saturated heterocycles. The molecule has 0 aliphatic carbocycles. The van der Waals surface area contributed by atoms with E-state index >= 15 is 0 Å². The number of nitrogens with zero attached hydrogens (tertiary/aromatic N) is 2. The zero-order valence-electron chi connectivity index (χ0n) is 8.21. The average molecular weight is 220 g/mol. The summed E-state index contributed by atoms with van der Waals surface area (Å²) in [5.41, 5.74) is 0. The first-order valence-electron chi connectivity index (χ1n) is 4.38. The minimum atomic E-state index is -4.81. The highest BCUT2D eigenvalue weighted by Crippen LogP contribution is 2.20. The first-order chi connectivity index (χ1) is 6.86. The fourth-order valence-electron chi connectivity index (χ4n) is 1.42. The van der Waals surface area contributed by atoms with E-state index in [9.17, 15) is 18.0 Å². The van der Waals surface area contributed by atoms with Crippen LogP contribution in [-0.4, -0.2) is 54.6 Å². The first kappa shape index (κ1) is 11.9. The van der Waals surface area contributed by atoms with Crippen LogP contribution in [-0.2, 0) is 4.79 Å². The molecule has 1 heterocycles. The maximum atomic E-state index is 12.1. The van der Waals surface area contributed by atoms with Gasteiger partial charge < -0.3 is 4.90 Å². The van der Waals surface area contributed by atoms with E-state index in [-0.39, 0.29) is 13.1 Å². The largest absolute Gasteiger partial charge is 0.471 e. The topological polar surface area (TPSA) is 23.6 Å². The van der Waals surface area contributed by atoms with E-state index in [1.54, 1.807) is 11.9 Å². The lowest BCUT2D eigenvalue weighted by Crippen LogP contribution is -2.55. The number of piperazine rings is 1. The van der Waals surface area contributed by atoms with Gasteiger partial charge in [0, 0.05) is 19.6 Å². The number of terminal acetylenes is 1. The van der Waals surface area contributed by atoms with Crippen LogP contribution in [0.4, 0.5) is 13.2 Å². The van der Waals surface area contributed by atoms with Crippen molar-refractivity contribution in [2.45, 2.75) is 12.2 Å². The fourth-order valence-corrected chi connectivity index (χ4v) is 1.42. The Balaban J connectivity index is 2.68. The minimum absolute atomic E-state index is 0.0625. The van der Waals surface area contributed by atoms with Crippen molar-refractivity contribution >= 4 is 5.91 Å². The average Bonchev–Trinajstić information content (AvgIpc) is 2.16. The standard InChI is InChI=1S/C9H11F3N2O/c1-3-7-6-14(5-4-13(7)2)8(15)9(10,11)12/h1,7H,4-6H2,2H3. The van der Waals surface area contributed by atoms with Crippen LogP contribution in [0, 0.1) is 12.3 Å². The van der Waals surface area contributed by atoms with Crippen LogP contribution >= 0.6 is 0 Å². The van der Waals surface area contributed by atoms with Crippen molar-refractivity contribution in [2.75, 3.05) is 26.7 Å². The second kappa shape index (κ2) is 4.11. The summed E-state index contributed by atoms with van der Waals surface area (Å²) in [6.07, 6.45) is 0.344. The molecule has 1 aliphatic heterocycles. The van der Waals surface area contributed by atoms with Crippen LogP contribution in [0.15, 0.2) is 0 Å². The molecule has 84 valence electrons. The molecule has 0 bridgehead atoms. The van der Waals surface area contributed by atoms with Crippen LogP contribution in [0.5, 0.6) is 0 Å². The molecular weight excluding hydrogens is 209 g/mol. The van der Waals surface area contributed by atoms with Crippen molar-refractivity contribution < 1.29 is 18.0 Å². The summed E-state index contributed by atoms with van der Waals surface area (Å²) in [6, 6.07) is -0.440. The van der Waals surface area contributed by atoms with Crippen LogP contribution in [0.2, 0.25) is 0 Å². The van der Waals surface area contributed by atoms with Crippen molar-refractivity contribution in [1.82, 2.24) is 9.80 Å². The zero-order chi connectivity index (χ0) is 11.6. The third kappa shape index (κ3) is 2.63. The van der Waals surface area contributed by atoms with Gasteiger partial charge in [-0.15, -0.1) is 6.42 Å². The van der Waals surface area contributed by atoms with Crippen LogP contribution in [0.1, 0.15) is 0 Å².